The van der Waals surface area contributed by atoms with Gasteiger partial charge in [-0.1, -0.05) is 18.2 Å². The third-order valence-electron chi connectivity index (χ3n) is 7.04. The lowest BCUT2D eigenvalue weighted by molar-refractivity contribution is -0.136. The van der Waals surface area contributed by atoms with Gasteiger partial charge in [-0.15, -0.1) is 0 Å². The van der Waals surface area contributed by atoms with E-state index in [1.165, 1.54) is 5.56 Å². The van der Waals surface area contributed by atoms with Gasteiger partial charge in [-0.05, 0) is 80.5 Å². The first-order chi connectivity index (χ1) is 16.6. The number of hydrogen-bond acceptors (Lipinski definition) is 4. The molecule has 0 N–H and O–H groups in total. The summed E-state index contributed by atoms with van der Waals surface area (Å²) in [6.07, 6.45) is 10.8. The van der Waals surface area contributed by atoms with E-state index in [0.29, 0.717) is 6.04 Å². The maximum atomic E-state index is 13.7. The summed E-state index contributed by atoms with van der Waals surface area (Å²) in [6, 6.07) is 14.6. The molecule has 34 heavy (non-hydrogen) atoms. The number of carbonyl (C=O) groups is 1. The molecule has 6 nitrogen and oxygen atoms in total. The SMILES string of the molecule is COc1ccc(C2CCCC3CC/C(=C\c4ccc(-n5cnc(C)c5)c(OC)c4)C(=O)N32)cc1. The molecule has 0 aliphatic carbocycles. The fourth-order valence-corrected chi connectivity index (χ4v) is 5.30. The van der Waals surface area contributed by atoms with E-state index >= 15 is 0 Å². The van der Waals surface area contributed by atoms with Crippen LogP contribution in [0.25, 0.3) is 11.8 Å². The summed E-state index contributed by atoms with van der Waals surface area (Å²) in [6.45, 7) is 1.96. The molecule has 2 unspecified atom stereocenters. The number of nitrogens with zero attached hydrogens (tertiary/aromatic N) is 3. The number of benzene rings is 2. The van der Waals surface area contributed by atoms with Gasteiger partial charge in [-0.25, -0.2) is 4.98 Å². The molecule has 1 amide bonds. The molecule has 2 fully saturated rings. The van der Waals surface area contributed by atoms with E-state index in [1.54, 1.807) is 20.5 Å². The molecule has 6 heteroatoms. The predicted molar refractivity (Wildman–Crippen MR) is 132 cm³/mol. The second-order valence-corrected chi connectivity index (χ2v) is 9.15. The van der Waals surface area contributed by atoms with Gasteiger partial charge in [0.15, 0.2) is 0 Å². The van der Waals surface area contributed by atoms with Crippen molar-refractivity contribution in [1.82, 2.24) is 14.5 Å². The number of imidazole rings is 1. The van der Waals surface area contributed by atoms with Gasteiger partial charge in [0.05, 0.1) is 38.0 Å². The maximum Gasteiger partial charge on any atom is 0.250 e. The Morgan fingerprint density at radius 2 is 1.85 bits per heavy atom. The van der Waals surface area contributed by atoms with Gasteiger partial charge in [-0.2, -0.15) is 0 Å². The molecule has 2 aliphatic rings. The number of fused-ring (bicyclic) bond motifs is 1. The molecule has 0 bridgehead atoms. The first kappa shape index (κ1) is 22.3. The molecule has 2 atom stereocenters. The highest BCUT2D eigenvalue weighted by Gasteiger charge is 2.39. The zero-order valence-electron chi connectivity index (χ0n) is 20.0. The largest absolute Gasteiger partial charge is 0.497 e. The monoisotopic (exact) mass is 457 g/mol. The van der Waals surface area contributed by atoms with Crippen LogP contribution in [0.15, 0.2) is 60.6 Å². The normalized spacial score (nSPS) is 21.4. The van der Waals surface area contributed by atoms with Crippen molar-refractivity contribution in [2.75, 3.05) is 14.2 Å². The van der Waals surface area contributed by atoms with Gasteiger partial charge in [-0.3, -0.25) is 4.79 Å². The van der Waals surface area contributed by atoms with Gasteiger partial charge in [0.2, 0.25) is 0 Å². The van der Waals surface area contributed by atoms with E-state index in [-0.39, 0.29) is 11.9 Å². The summed E-state index contributed by atoms with van der Waals surface area (Å²) in [5.74, 6) is 1.75. The van der Waals surface area contributed by atoms with E-state index in [0.717, 1.165) is 66.1 Å². The highest BCUT2D eigenvalue weighted by molar-refractivity contribution is 5.99. The second kappa shape index (κ2) is 9.37. The Morgan fingerprint density at radius 3 is 2.56 bits per heavy atom. The van der Waals surface area contributed by atoms with Crippen LogP contribution in [0.3, 0.4) is 0 Å². The average molecular weight is 458 g/mol. The standard InChI is InChI=1S/C28H31N3O3/c1-19-17-30(18-29-19)26-14-7-20(16-27(26)34-3)15-22-8-11-23-5-4-6-25(31(23)28(22)32)21-9-12-24(33-2)13-10-21/h7,9-10,12-18,23,25H,4-6,8,11H2,1-3H3/b22-15+. The van der Waals surface area contributed by atoms with Crippen molar-refractivity contribution in [2.24, 2.45) is 0 Å². The number of ether oxygens (including phenoxy) is 2. The first-order valence-electron chi connectivity index (χ1n) is 11.9. The van der Waals surface area contributed by atoms with Gasteiger partial charge in [0, 0.05) is 17.8 Å². The van der Waals surface area contributed by atoms with E-state index < -0.39 is 0 Å². The number of aryl methyl sites for hydroxylation is 1. The first-order valence-corrected chi connectivity index (χ1v) is 11.9. The lowest BCUT2D eigenvalue weighted by Crippen LogP contribution is -2.49. The van der Waals surface area contributed by atoms with Gasteiger partial charge in [0.1, 0.15) is 11.5 Å². The molecule has 2 saturated heterocycles. The Kier molecular flexibility index (Phi) is 6.14. The molecule has 0 radical (unpaired) electrons. The molecular weight excluding hydrogens is 426 g/mol. The van der Waals surface area contributed by atoms with Crippen molar-refractivity contribution in [3.8, 4) is 17.2 Å². The number of rotatable bonds is 5. The van der Waals surface area contributed by atoms with Gasteiger partial charge in [0.25, 0.3) is 5.91 Å². The molecule has 0 spiro atoms. The van der Waals surface area contributed by atoms with Crippen LogP contribution in [-0.4, -0.2) is 40.6 Å². The molecule has 1 aromatic heterocycles. The second-order valence-electron chi connectivity index (χ2n) is 9.15. The van der Waals surface area contributed by atoms with Crippen molar-refractivity contribution < 1.29 is 14.3 Å². The number of methoxy groups -OCH3 is 2. The number of hydrogen-bond donors (Lipinski definition) is 0. The van der Waals surface area contributed by atoms with Crippen molar-refractivity contribution in [1.29, 1.82) is 0 Å². The molecular formula is C28H31N3O3. The third-order valence-corrected chi connectivity index (χ3v) is 7.04. The topological polar surface area (TPSA) is 56.6 Å². The van der Waals surface area contributed by atoms with Crippen LogP contribution in [0.5, 0.6) is 11.5 Å². The van der Waals surface area contributed by atoms with Crippen LogP contribution in [0, 0.1) is 6.92 Å². The minimum Gasteiger partial charge on any atom is -0.497 e. The van der Waals surface area contributed by atoms with Crippen LogP contribution in [0.2, 0.25) is 0 Å². The molecule has 3 heterocycles. The van der Waals surface area contributed by atoms with Crippen LogP contribution in [-0.2, 0) is 4.79 Å². The van der Waals surface area contributed by atoms with Crippen molar-refractivity contribution in [3.05, 3.63) is 77.4 Å². The quantitative estimate of drug-likeness (QED) is 0.475. The number of aromatic nitrogens is 2. The van der Waals surface area contributed by atoms with E-state index in [2.05, 4.69) is 22.0 Å². The fourth-order valence-electron chi connectivity index (χ4n) is 5.30. The Morgan fingerprint density at radius 1 is 1.03 bits per heavy atom. The summed E-state index contributed by atoms with van der Waals surface area (Å²) >= 11 is 0. The Hall–Kier alpha value is -3.54. The van der Waals surface area contributed by atoms with Crippen molar-refractivity contribution in [3.63, 3.8) is 0 Å². The van der Waals surface area contributed by atoms with Crippen LogP contribution in [0.4, 0.5) is 0 Å². The third kappa shape index (κ3) is 4.20. The summed E-state index contributed by atoms with van der Waals surface area (Å²) in [7, 11) is 3.35. The highest BCUT2D eigenvalue weighted by Crippen LogP contribution is 2.41. The number of piperidine rings is 2. The molecule has 5 rings (SSSR count). The average Bonchev–Trinajstić information content (AvgIpc) is 3.31. The van der Waals surface area contributed by atoms with Crippen LogP contribution in [0.1, 0.15) is 55.0 Å². The minimum atomic E-state index is 0.113. The summed E-state index contributed by atoms with van der Waals surface area (Å²) in [4.78, 5) is 20.2. The summed E-state index contributed by atoms with van der Waals surface area (Å²) in [5.41, 5.74) is 4.89. The van der Waals surface area contributed by atoms with Gasteiger partial charge < -0.3 is 18.9 Å². The molecule has 2 aliphatic heterocycles. The Bertz CT molecular complexity index is 1210. The van der Waals surface area contributed by atoms with Crippen molar-refractivity contribution >= 4 is 12.0 Å². The van der Waals surface area contributed by atoms with E-state index in [4.69, 9.17) is 9.47 Å². The van der Waals surface area contributed by atoms with Crippen LogP contribution >= 0.6 is 0 Å². The molecule has 2 aromatic carbocycles. The number of carbonyl (C=O) groups excluding carboxylic acids is 1. The van der Waals surface area contributed by atoms with E-state index in [9.17, 15) is 4.79 Å². The fraction of sp³-hybridized carbons (Fsp3) is 0.357. The Labute approximate surface area is 200 Å². The maximum absolute atomic E-state index is 13.7. The summed E-state index contributed by atoms with van der Waals surface area (Å²) < 4.78 is 12.9. The zero-order valence-corrected chi connectivity index (χ0v) is 20.0. The van der Waals surface area contributed by atoms with Crippen molar-refractivity contribution in [2.45, 2.75) is 51.1 Å². The lowest BCUT2D eigenvalue weighted by Gasteiger charge is -2.46. The summed E-state index contributed by atoms with van der Waals surface area (Å²) in [5, 5.41) is 0. The smallest absolute Gasteiger partial charge is 0.250 e. The van der Waals surface area contributed by atoms with Crippen LogP contribution < -0.4 is 9.47 Å². The predicted octanol–water partition coefficient (Wildman–Crippen LogP) is 5.50. The minimum absolute atomic E-state index is 0.113. The molecule has 3 aromatic rings. The number of amides is 1. The van der Waals surface area contributed by atoms with Gasteiger partial charge >= 0.3 is 0 Å². The Balaban J connectivity index is 1.43. The highest BCUT2D eigenvalue weighted by atomic mass is 16.5. The molecule has 176 valence electrons. The zero-order chi connectivity index (χ0) is 23.7. The molecule has 0 saturated carbocycles. The van der Waals surface area contributed by atoms with E-state index in [1.807, 2.05) is 54.1 Å². The lowest BCUT2D eigenvalue weighted by atomic mass is 9.84.